The smallest absolute Gasteiger partial charge is 0.123 e. The van der Waals surface area contributed by atoms with Crippen molar-refractivity contribution in [3.63, 3.8) is 0 Å². The van der Waals surface area contributed by atoms with E-state index in [4.69, 9.17) is 9.84 Å². The van der Waals surface area contributed by atoms with Gasteiger partial charge in [-0.15, -0.1) is 0 Å². The second-order valence-electron chi connectivity index (χ2n) is 5.03. The Kier molecular flexibility index (Phi) is 4.81. The van der Waals surface area contributed by atoms with Crippen LogP contribution in [0.25, 0.3) is 0 Å². The van der Waals surface area contributed by atoms with E-state index in [2.05, 4.69) is 26.8 Å². The predicted molar refractivity (Wildman–Crippen MR) is 67.0 cm³/mol. The molecular formula is C14H22O2. The minimum absolute atomic E-state index is 0.105. The molecule has 0 amide bonds. The van der Waals surface area contributed by atoms with Gasteiger partial charge in [0.1, 0.15) is 5.75 Å². The van der Waals surface area contributed by atoms with E-state index in [0.717, 1.165) is 18.6 Å². The lowest BCUT2D eigenvalue weighted by Gasteiger charge is -2.22. The molecule has 2 heteroatoms. The Bertz CT molecular complexity index is 313. The van der Waals surface area contributed by atoms with Crippen molar-refractivity contribution in [2.45, 2.75) is 39.0 Å². The topological polar surface area (TPSA) is 29.5 Å². The highest BCUT2D eigenvalue weighted by molar-refractivity contribution is 5.38. The maximum Gasteiger partial charge on any atom is 0.123 e. The summed E-state index contributed by atoms with van der Waals surface area (Å²) in [5, 5.41) is 8.69. The Morgan fingerprint density at radius 3 is 2.44 bits per heavy atom. The van der Waals surface area contributed by atoms with Crippen molar-refractivity contribution in [1.82, 2.24) is 0 Å². The summed E-state index contributed by atoms with van der Waals surface area (Å²) < 4.78 is 5.75. The van der Waals surface area contributed by atoms with Crippen LogP contribution in [0.4, 0.5) is 0 Å². The Balaban J connectivity index is 2.65. The zero-order valence-corrected chi connectivity index (χ0v) is 10.5. The highest BCUT2D eigenvalue weighted by Crippen LogP contribution is 2.30. The molecule has 1 aromatic rings. The average molecular weight is 222 g/mol. The van der Waals surface area contributed by atoms with E-state index >= 15 is 0 Å². The number of unbranched alkanes of at least 4 members (excludes halogenated alkanes) is 1. The molecule has 90 valence electrons. The molecule has 0 bridgehead atoms. The SMILES string of the molecule is CC(C)(C)c1ccccc1OCCCCO. The summed E-state index contributed by atoms with van der Waals surface area (Å²) in [5.74, 6) is 0.966. The van der Waals surface area contributed by atoms with Crippen molar-refractivity contribution >= 4 is 0 Å². The number of hydrogen-bond acceptors (Lipinski definition) is 2. The van der Waals surface area contributed by atoms with E-state index in [0.29, 0.717) is 6.61 Å². The maximum absolute atomic E-state index is 8.69. The molecular weight excluding hydrogens is 200 g/mol. The fraction of sp³-hybridized carbons (Fsp3) is 0.571. The molecule has 0 fully saturated rings. The molecule has 0 heterocycles. The number of hydrogen-bond donors (Lipinski definition) is 1. The molecule has 1 rings (SSSR count). The average Bonchev–Trinajstić information content (AvgIpc) is 2.24. The molecule has 0 aliphatic heterocycles. The van der Waals surface area contributed by atoms with Gasteiger partial charge < -0.3 is 9.84 Å². The second-order valence-corrected chi connectivity index (χ2v) is 5.03. The van der Waals surface area contributed by atoms with Crippen molar-refractivity contribution in [3.8, 4) is 5.75 Å². The molecule has 1 aromatic carbocycles. The predicted octanol–water partition coefficient (Wildman–Crippen LogP) is 3.14. The molecule has 0 spiro atoms. The molecule has 0 atom stereocenters. The minimum Gasteiger partial charge on any atom is -0.493 e. The quantitative estimate of drug-likeness (QED) is 0.776. The fourth-order valence-corrected chi connectivity index (χ4v) is 1.61. The Morgan fingerprint density at radius 2 is 1.81 bits per heavy atom. The standard InChI is InChI=1S/C14H22O2/c1-14(2,3)12-8-4-5-9-13(12)16-11-7-6-10-15/h4-5,8-9,15H,6-7,10-11H2,1-3H3. The van der Waals surface area contributed by atoms with Gasteiger partial charge in [0.25, 0.3) is 0 Å². The molecule has 0 unspecified atom stereocenters. The number of rotatable bonds is 5. The van der Waals surface area contributed by atoms with Crippen LogP contribution in [0.5, 0.6) is 5.75 Å². The molecule has 0 aliphatic carbocycles. The summed E-state index contributed by atoms with van der Waals surface area (Å²) >= 11 is 0. The summed E-state index contributed by atoms with van der Waals surface area (Å²) in [4.78, 5) is 0. The summed E-state index contributed by atoms with van der Waals surface area (Å²) in [7, 11) is 0. The molecule has 0 radical (unpaired) electrons. The molecule has 1 N–H and O–H groups in total. The van der Waals surface area contributed by atoms with E-state index in [9.17, 15) is 0 Å². The van der Waals surface area contributed by atoms with Gasteiger partial charge in [-0.3, -0.25) is 0 Å². The number of ether oxygens (including phenoxy) is 1. The van der Waals surface area contributed by atoms with Gasteiger partial charge >= 0.3 is 0 Å². The highest BCUT2D eigenvalue weighted by atomic mass is 16.5. The van der Waals surface area contributed by atoms with Crippen LogP contribution in [0, 0.1) is 0 Å². The van der Waals surface area contributed by atoms with Gasteiger partial charge in [-0.25, -0.2) is 0 Å². The summed E-state index contributed by atoms with van der Waals surface area (Å²) in [6.07, 6.45) is 1.70. The molecule has 2 nitrogen and oxygen atoms in total. The van der Waals surface area contributed by atoms with E-state index in [1.165, 1.54) is 5.56 Å². The monoisotopic (exact) mass is 222 g/mol. The lowest BCUT2D eigenvalue weighted by Crippen LogP contribution is -2.13. The van der Waals surface area contributed by atoms with Crippen LogP contribution in [-0.4, -0.2) is 18.3 Å². The van der Waals surface area contributed by atoms with Crippen LogP contribution in [-0.2, 0) is 5.41 Å². The Labute approximate surface area is 98.3 Å². The van der Waals surface area contributed by atoms with Gasteiger partial charge in [0, 0.05) is 6.61 Å². The normalized spacial score (nSPS) is 11.5. The van der Waals surface area contributed by atoms with Gasteiger partial charge in [0.05, 0.1) is 6.61 Å². The largest absolute Gasteiger partial charge is 0.493 e. The Morgan fingerprint density at radius 1 is 1.12 bits per heavy atom. The van der Waals surface area contributed by atoms with E-state index in [1.807, 2.05) is 18.2 Å². The zero-order valence-electron chi connectivity index (χ0n) is 10.5. The van der Waals surface area contributed by atoms with Gasteiger partial charge in [-0.05, 0) is 29.9 Å². The zero-order chi connectivity index (χ0) is 12.0. The van der Waals surface area contributed by atoms with Crippen LogP contribution < -0.4 is 4.74 Å². The van der Waals surface area contributed by atoms with E-state index in [-0.39, 0.29) is 12.0 Å². The van der Waals surface area contributed by atoms with E-state index < -0.39 is 0 Å². The summed E-state index contributed by atoms with van der Waals surface area (Å²) in [6.45, 7) is 7.46. The lowest BCUT2D eigenvalue weighted by molar-refractivity contribution is 0.251. The molecule has 0 saturated heterocycles. The lowest BCUT2D eigenvalue weighted by atomic mass is 9.86. The number of aliphatic hydroxyl groups is 1. The van der Waals surface area contributed by atoms with E-state index in [1.54, 1.807) is 0 Å². The van der Waals surface area contributed by atoms with Gasteiger partial charge in [0.2, 0.25) is 0 Å². The van der Waals surface area contributed by atoms with Crippen molar-refractivity contribution in [1.29, 1.82) is 0 Å². The number of para-hydroxylation sites is 1. The first-order valence-corrected chi connectivity index (χ1v) is 5.89. The first kappa shape index (κ1) is 13.0. The second kappa shape index (κ2) is 5.90. The van der Waals surface area contributed by atoms with Gasteiger partial charge in [-0.1, -0.05) is 39.0 Å². The molecule has 0 aromatic heterocycles. The van der Waals surface area contributed by atoms with Crippen molar-refractivity contribution < 1.29 is 9.84 Å². The summed E-state index contributed by atoms with van der Waals surface area (Å²) in [6, 6.07) is 8.17. The molecule has 0 aliphatic rings. The first-order valence-electron chi connectivity index (χ1n) is 5.89. The van der Waals surface area contributed by atoms with Crippen LogP contribution in [0.3, 0.4) is 0 Å². The number of benzene rings is 1. The Hall–Kier alpha value is -1.02. The summed E-state index contributed by atoms with van der Waals surface area (Å²) in [5.41, 5.74) is 1.34. The minimum atomic E-state index is 0.105. The van der Waals surface area contributed by atoms with Gasteiger partial charge in [-0.2, -0.15) is 0 Å². The van der Waals surface area contributed by atoms with Gasteiger partial charge in [0.15, 0.2) is 0 Å². The number of aliphatic hydroxyl groups excluding tert-OH is 1. The molecule has 0 saturated carbocycles. The molecule has 16 heavy (non-hydrogen) atoms. The third-order valence-corrected chi connectivity index (χ3v) is 2.51. The third-order valence-electron chi connectivity index (χ3n) is 2.51. The first-order chi connectivity index (χ1) is 7.55. The van der Waals surface area contributed by atoms with Crippen LogP contribution in [0.1, 0.15) is 39.2 Å². The van der Waals surface area contributed by atoms with Crippen LogP contribution >= 0.6 is 0 Å². The maximum atomic E-state index is 8.69. The highest BCUT2D eigenvalue weighted by Gasteiger charge is 2.17. The fourth-order valence-electron chi connectivity index (χ4n) is 1.61. The van der Waals surface area contributed by atoms with Crippen LogP contribution in [0.2, 0.25) is 0 Å². The van der Waals surface area contributed by atoms with Crippen LogP contribution in [0.15, 0.2) is 24.3 Å². The van der Waals surface area contributed by atoms with Crippen molar-refractivity contribution in [3.05, 3.63) is 29.8 Å². The van der Waals surface area contributed by atoms with Crippen molar-refractivity contribution in [2.24, 2.45) is 0 Å². The third kappa shape index (κ3) is 3.86. The van der Waals surface area contributed by atoms with Crippen molar-refractivity contribution in [2.75, 3.05) is 13.2 Å².